The second-order valence-electron chi connectivity index (χ2n) is 9.65. The van der Waals surface area contributed by atoms with Crippen molar-refractivity contribution < 1.29 is 0 Å². The van der Waals surface area contributed by atoms with Crippen molar-refractivity contribution in [3.8, 4) is 0 Å². The van der Waals surface area contributed by atoms with E-state index in [2.05, 4.69) is 42.5 Å². The SMILES string of the molecule is C1=CC2CC1CC21CCCc2cc3ccc(C4CCCCC4)cc3cc21. The number of aryl methyl sites for hydroxylation is 1. The zero-order valence-electron chi connectivity index (χ0n) is 15.8. The zero-order chi connectivity index (χ0) is 17.1. The average molecular weight is 343 g/mol. The number of fused-ring (bicyclic) bond motifs is 6. The topological polar surface area (TPSA) is 0 Å². The first kappa shape index (κ1) is 15.5. The van der Waals surface area contributed by atoms with Crippen LogP contribution in [0.5, 0.6) is 0 Å². The molecule has 0 aliphatic heterocycles. The molecule has 3 atom stereocenters. The van der Waals surface area contributed by atoms with Crippen molar-refractivity contribution >= 4 is 10.8 Å². The maximum atomic E-state index is 2.63. The highest BCUT2D eigenvalue weighted by Crippen LogP contribution is 2.58. The minimum Gasteiger partial charge on any atom is -0.0851 e. The van der Waals surface area contributed by atoms with Crippen molar-refractivity contribution in [1.29, 1.82) is 0 Å². The van der Waals surface area contributed by atoms with Gasteiger partial charge in [-0.25, -0.2) is 0 Å². The molecule has 1 spiro atoms. The third-order valence-electron chi connectivity index (χ3n) is 8.28. The number of benzene rings is 2. The smallest absolute Gasteiger partial charge is 0.00246 e. The molecule has 4 aliphatic carbocycles. The summed E-state index contributed by atoms with van der Waals surface area (Å²) in [7, 11) is 0. The van der Waals surface area contributed by atoms with E-state index in [0.717, 1.165) is 17.8 Å². The predicted molar refractivity (Wildman–Crippen MR) is 110 cm³/mol. The van der Waals surface area contributed by atoms with Gasteiger partial charge in [0.05, 0.1) is 0 Å². The van der Waals surface area contributed by atoms with Gasteiger partial charge >= 0.3 is 0 Å². The van der Waals surface area contributed by atoms with Crippen LogP contribution < -0.4 is 0 Å². The molecule has 26 heavy (non-hydrogen) atoms. The Hall–Kier alpha value is -1.56. The molecule has 0 amide bonds. The van der Waals surface area contributed by atoms with E-state index in [4.69, 9.17) is 0 Å². The van der Waals surface area contributed by atoms with Crippen molar-refractivity contribution in [1.82, 2.24) is 0 Å². The third kappa shape index (κ3) is 2.20. The standard InChI is InChI=1S/C26H30/c1-2-5-19(6-3-1)20-9-10-21-14-22-7-4-12-26(25(22)16-23(21)15-20)17-18-8-11-24(26)13-18/h8-11,14-16,18-19,24H,1-7,12-13,17H2. The summed E-state index contributed by atoms with van der Waals surface area (Å²) < 4.78 is 0. The molecule has 6 rings (SSSR count). The van der Waals surface area contributed by atoms with Gasteiger partial charge in [-0.2, -0.15) is 0 Å². The lowest BCUT2D eigenvalue weighted by molar-refractivity contribution is 0.304. The van der Waals surface area contributed by atoms with Crippen molar-refractivity contribution in [2.75, 3.05) is 0 Å². The van der Waals surface area contributed by atoms with Crippen molar-refractivity contribution in [3.63, 3.8) is 0 Å². The first-order valence-corrected chi connectivity index (χ1v) is 11.1. The molecule has 0 heteroatoms. The van der Waals surface area contributed by atoms with Crippen LogP contribution in [0, 0.1) is 11.8 Å². The molecule has 2 aromatic carbocycles. The van der Waals surface area contributed by atoms with E-state index >= 15 is 0 Å². The van der Waals surface area contributed by atoms with E-state index < -0.39 is 0 Å². The molecule has 0 radical (unpaired) electrons. The lowest BCUT2D eigenvalue weighted by atomic mass is 9.62. The summed E-state index contributed by atoms with van der Waals surface area (Å²) in [6, 6.07) is 12.6. The second kappa shape index (κ2) is 5.72. The van der Waals surface area contributed by atoms with Crippen LogP contribution >= 0.6 is 0 Å². The van der Waals surface area contributed by atoms with Crippen LogP contribution in [0.15, 0.2) is 42.5 Å². The Labute approximate surface area is 157 Å². The monoisotopic (exact) mass is 342 g/mol. The molecule has 0 N–H and O–H groups in total. The van der Waals surface area contributed by atoms with Gasteiger partial charge in [0, 0.05) is 5.41 Å². The third-order valence-corrected chi connectivity index (χ3v) is 8.28. The molecule has 3 unspecified atom stereocenters. The molecule has 134 valence electrons. The van der Waals surface area contributed by atoms with Crippen LogP contribution in [-0.4, -0.2) is 0 Å². The summed E-state index contributed by atoms with van der Waals surface area (Å²) >= 11 is 0. The van der Waals surface area contributed by atoms with Gasteiger partial charge in [-0.15, -0.1) is 0 Å². The Morgan fingerprint density at radius 2 is 1.77 bits per heavy atom. The van der Waals surface area contributed by atoms with E-state index in [9.17, 15) is 0 Å². The van der Waals surface area contributed by atoms with Crippen LogP contribution in [-0.2, 0) is 11.8 Å². The van der Waals surface area contributed by atoms with Gasteiger partial charge in [0.1, 0.15) is 0 Å². The van der Waals surface area contributed by atoms with Crippen molar-refractivity contribution in [3.05, 3.63) is 59.2 Å². The van der Waals surface area contributed by atoms with E-state index in [-0.39, 0.29) is 0 Å². The number of hydrogen-bond donors (Lipinski definition) is 0. The molecule has 0 aromatic heterocycles. The first-order valence-electron chi connectivity index (χ1n) is 11.1. The maximum Gasteiger partial charge on any atom is 0.00246 e. The van der Waals surface area contributed by atoms with Gasteiger partial charge in [0.15, 0.2) is 0 Å². The fourth-order valence-electron chi connectivity index (χ4n) is 7.00. The summed E-state index contributed by atoms with van der Waals surface area (Å²) in [6.07, 6.45) is 19.1. The highest BCUT2D eigenvalue weighted by atomic mass is 14.5. The molecule has 4 aliphatic rings. The number of rotatable bonds is 1. The van der Waals surface area contributed by atoms with Crippen molar-refractivity contribution in [2.45, 2.75) is 75.5 Å². The normalized spacial score (nSPS) is 33.2. The molecule has 0 heterocycles. The Bertz CT molecular complexity index is 882. The van der Waals surface area contributed by atoms with Gasteiger partial charge in [-0.05, 0) is 90.2 Å². The van der Waals surface area contributed by atoms with Gasteiger partial charge in [-0.1, -0.05) is 61.7 Å². The van der Waals surface area contributed by atoms with E-state index in [1.54, 1.807) is 16.7 Å². The van der Waals surface area contributed by atoms with Crippen molar-refractivity contribution in [2.24, 2.45) is 11.8 Å². The van der Waals surface area contributed by atoms with E-state index in [1.807, 2.05) is 0 Å². The predicted octanol–water partition coefficient (Wildman–Crippen LogP) is 7.06. The molecular formula is C26H30. The molecule has 0 nitrogen and oxygen atoms in total. The van der Waals surface area contributed by atoms with E-state index in [1.165, 1.54) is 75.0 Å². The van der Waals surface area contributed by atoms with Crippen LogP contribution in [0.2, 0.25) is 0 Å². The Morgan fingerprint density at radius 3 is 2.58 bits per heavy atom. The average Bonchev–Trinajstić information content (AvgIpc) is 3.29. The highest BCUT2D eigenvalue weighted by molar-refractivity contribution is 5.85. The minimum absolute atomic E-state index is 0.474. The molecule has 2 bridgehead atoms. The number of hydrogen-bond acceptors (Lipinski definition) is 0. The summed E-state index contributed by atoms with van der Waals surface area (Å²) in [5, 5.41) is 2.99. The maximum absolute atomic E-state index is 2.63. The van der Waals surface area contributed by atoms with Crippen LogP contribution in [0.1, 0.15) is 80.4 Å². The fourth-order valence-corrected chi connectivity index (χ4v) is 7.00. The molecule has 2 aromatic rings. The van der Waals surface area contributed by atoms with E-state index in [0.29, 0.717) is 5.41 Å². The van der Waals surface area contributed by atoms with Gasteiger partial charge in [0.25, 0.3) is 0 Å². The second-order valence-corrected chi connectivity index (χ2v) is 9.65. The molecular weight excluding hydrogens is 312 g/mol. The van der Waals surface area contributed by atoms with Gasteiger partial charge in [0.2, 0.25) is 0 Å². The number of allylic oxidation sites excluding steroid dienone is 2. The highest BCUT2D eigenvalue weighted by Gasteiger charge is 2.50. The quantitative estimate of drug-likeness (QED) is 0.487. The summed E-state index contributed by atoms with van der Waals surface area (Å²) in [6.45, 7) is 0. The zero-order valence-corrected chi connectivity index (χ0v) is 15.8. The fraction of sp³-hybridized carbons (Fsp3) is 0.538. The lowest BCUT2D eigenvalue weighted by Gasteiger charge is -2.41. The first-order chi connectivity index (χ1) is 12.8. The Balaban J connectivity index is 1.47. The minimum atomic E-state index is 0.474. The Kier molecular flexibility index (Phi) is 3.41. The molecule has 2 saturated carbocycles. The van der Waals surface area contributed by atoms with Crippen LogP contribution in [0.3, 0.4) is 0 Å². The summed E-state index contributed by atoms with van der Waals surface area (Å²) in [4.78, 5) is 0. The largest absolute Gasteiger partial charge is 0.0851 e. The van der Waals surface area contributed by atoms with Gasteiger partial charge in [-0.3, -0.25) is 0 Å². The molecule has 0 saturated heterocycles. The lowest BCUT2D eigenvalue weighted by Crippen LogP contribution is -2.35. The van der Waals surface area contributed by atoms with Crippen LogP contribution in [0.4, 0.5) is 0 Å². The molecule has 2 fully saturated rings. The summed E-state index contributed by atoms with van der Waals surface area (Å²) in [5.41, 5.74) is 5.47. The van der Waals surface area contributed by atoms with Crippen LogP contribution in [0.25, 0.3) is 10.8 Å². The summed E-state index contributed by atoms with van der Waals surface area (Å²) in [5.74, 6) is 2.48. The Morgan fingerprint density at radius 1 is 0.846 bits per heavy atom. The van der Waals surface area contributed by atoms with Gasteiger partial charge < -0.3 is 0 Å².